The predicted molar refractivity (Wildman–Crippen MR) is 68.7 cm³/mol. The highest BCUT2D eigenvalue weighted by atomic mass is 15.3. The predicted octanol–water partition coefficient (Wildman–Crippen LogP) is 0.930. The van der Waals surface area contributed by atoms with Crippen molar-refractivity contribution in [2.24, 2.45) is 0 Å². The van der Waals surface area contributed by atoms with E-state index in [0.717, 1.165) is 19.1 Å². The Kier molecular flexibility index (Phi) is 4.00. The molecule has 0 spiro atoms. The summed E-state index contributed by atoms with van der Waals surface area (Å²) in [6, 6.07) is 1.50. The average molecular weight is 223 g/mol. The number of nitrogens with one attached hydrogen (secondary N) is 1. The maximum atomic E-state index is 4.14. The molecule has 1 N–H and O–H groups in total. The molecule has 0 aromatic carbocycles. The molecule has 0 aliphatic carbocycles. The lowest BCUT2D eigenvalue weighted by Crippen LogP contribution is -2.55. The summed E-state index contributed by atoms with van der Waals surface area (Å²) >= 11 is 0. The maximum Gasteiger partial charge on any atom is 0.0224 e. The normalized spacial score (nSPS) is 31.6. The maximum absolute atomic E-state index is 4.14. The summed E-state index contributed by atoms with van der Waals surface area (Å²) in [6.45, 7) is 12.3. The van der Waals surface area contributed by atoms with Crippen LogP contribution in [0, 0.1) is 0 Å². The van der Waals surface area contributed by atoms with Gasteiger partial charge in [-0.15, -0.1) is 0 Å². The van der Waals surface area contributed by atoms with E-state index >= 15 is 0 Å². The van der Waals surface area contributed by atoms with Crippen LogP contribution in [0.1, 0.15) is 19.8 Å². The topological polar surface area (TPSA) is 18.5 Å². The van der Waals surface area contributed by atoms with Gasteiger partial charge in [-0.1, -0.05) is 6.58 Å². The van der Waals surface area contributed by atoms with E-state index in [4.69, 9.17) is 0 Å². The van der Waals surface area contributed by atoms with Gasteiger partial charge in [-0.3, -0.25) is 9.80 Å². The number of likely N-dealkylation sites (N-methyl/N-ethyl adjacent to an activating group) is 1. The average Bonchev–Trinajstić information content (AvgIpc) is 2.65. The minimum Gasteiger partial charge on any atom is -0.316 e. The molecule has 0 radical (unpaired) electrons. The summed E-state index contributed by atoms with van der Waals surface area (Å²) < 4.78 is 0. The van der Waals surface area contributed by atoms with Crippen LogP contribution in [-0.2, 0) is 0 Å². The molecule has 16 heavy (non-hydrogen) atoms. The molecule has 3 heteroatoms. The van der Waals surface area contributed by atoms with Gasteiger partial charge < -0.3 is 5.32 Å². The zero-order valence-electron chi connectivity index (χ0n) is 10.7. The fraction of sp³-hybridized carbons (Fsp3) is 0.846. The minimum atomic E-state index is 0.683. The standard InChI is InChI=1S/C13H25N3/c1-11(7-14-3)8-16-10-13-5-4-6-15(13)9-12(16)2/h12-14H,1,4-10H2,2-3H3. The highest BCUT2D eigenvalue weighted by molar-refractivity contribution is 5.02. The Morgan fingerprint density at radius 3 is 3.00 bits per heavy atom. The van der Waals surface area contributed by atoms with Gasteiger partial charge in [0.2, 0.25) is 0 Å². The lowest BCUT2D eigenvalue weighted by atomic mass is 10.1. The Morgan fingerprint density at radius 2 is 2.25 bits per heavy atom. The highest BCUT2D eigenvalue weighted by Crippen LogP contribution is 2.24. The number of hydrogen-bond acceptors (Lipinski definition) is 3. The van der Waals surface area contributed by atoms with Gasteiger partial charge >= 0.3 is 0 Å². The number of hydrogen-bond donors (Lipinski definition) is 1. The van der Waals surface area contributed by atoms with Gasteiger partial charge in [0.1, 0.15) is 0 Å². The summed E-state index contributed by atoms with van der Waals surface area (Å²) in [7, 11) is 1.99. The molecule has 0 bridgehead atoms. The molecule has 2 aliphatic heterocycles. The Balaban J connectivity index is 1.87. The van der Waals surface area contributed by atoms with Crippen LogP contribution in [-0.4, -0.2) is 61.7 Å². The largest absolute Gasteiger partial charge is 0.316 e. The van der Waals surface area contributed by atoms with Gasteiger partial charge in [-0.25, -0.2) is 0 Å². The van der Waals surface area contributed by atoms with E-state index in [2.05, 4.69) is 28.6 Å². The molecular formula is C13H25N3. The van der Waals surface area contributed by atoms with Crippen LogP contribution in [0.25, 0.3) is 0 Å². The van der Waals surface area contributed by atoms with E-state index in [1.54, 1.807) is 0 Å². The Labute approximate surface area is 99.5 Å². The molecule has 2 heterocycles. The van der Waals surface area contributed by atoms with Gasteiger partial charge in [0.05, 0.1) is 0 Å². The second kappa shape index (κ2) is 5.30. The van der Waals surface area contributed by atoms with Crippen LogP contribution in [0.2, 0.25) is 0 Å². The van der Waals surface area contributed by atoms with Crippen molar-refractivity contribution in [2.75, 3.05) is 39.8 Å². The Morgan fingerprint density at radius 1 is 1.44 bits per heavy atom. The second-order valence-corrected chi connectivity index (χ2v) is 5.35. The first-order valence-corrected chi connectivity index (χ1v) is 6.50. The quantitative estimate of drug-likeness (QED) is 0.715. The van der Waals surface area contributed by atoms with Gasteiger partial charge in [-0.2, -0.15) is 0 Å². The summed E-state index contributed by atoms with van der Waals surface area (Å²) in [6.07, 6.45) is 2.78. The molecule has 3 nitrogen and oxygen atoms in total. The summed E-state index contributed by atoms with van der Waals surface area (Å²) in [4.78, 5) is 5.27. The number of rotatable bonds is 4. The first kappa shape index (κ1) is 12.1. The molecule has 2 rings (SSSR count). The molecule has 2 aliphatic rings. The van der Waals surface area contributed by atoms with Crippen molar-refractivity contribution < 1.29 is 0 Å². The van der Waals surface area contributed by atoms with E-state index in [-0.39, 0.29) is 0 Å². The number of fused-ring (bicyclic) bond motifs is 1. The monoisotopic (exact) mass is 223 g/mol. The van der Waals surface area contributed by atoms with Crippen molar-refractivity contribution >= 4 is 0 Å². The van der Waals surface area contributed by atoms with Gasteiger partial charge in [0.15, 0.2) is 0 Å². The zero-order valence-corrected chi connectivity index (χ0v) is 10.7. The number of nitrogens with zero attached hydrogens (tertiary/aromatic N) is 2. The van der Waals surface area contributed by atoms with Gasteiger partial charge in [0, 0.05) is 38.3 Å². The smallest absolute Gasteiger partial charge is 0.0224 e. The Bertz CT molecular complexity index is 252. The summed E-state index contributed by atoms with van der Waals surface area (Å²) in [5.74, 6) is 0. The van der Waals surface area contributed by atoms with Crippen molar-refractivity contribution in [2.45, 2.75) is 31.8 Å². The molecule has 0 saturated carbocycles. The van der Waals surface area contributed by atoms with Crippen LogP contribution in [0.15, 0.2) is 12.2 Å². The first-order chi connectivity index (χ1) is 7.70. The lowest BCUT2D eigenvalue weighted by molar-refractivity contribution is 0.0663. The van der Waals surface area contributed by atoms with Crippen molar-refractivity contribution in [1.29, 1.82) is 0 Å². The van der Waals surface area contributed by atoms with Gasteiger partial charge in [0.25, 0.3) is 0 Å². The molecule has 0 aromatic rings. The van der Waals surface area contributed by atoms with E-state index in [1.165, 1.54) is 38.0 Å². The van der Waals surface area contributed by atoms with Crippen molar-refractivity contribution in [3.05, 3.63) is 12.2 Å². The molecule has 92 valence electrons. The molecule has 0 amide bonds. The minimum absolute atomic E-state index is 0.683. The van der Waals surface area contributed by atoms with E-state index < -0.39 is 0 Å². The fourth-order valence-corrected chi connectivity index (χ4v) is 3.06. The SMILES string of the molecule is C=C(CNC)CN1CC2CCCN2CC1C. The molecule has 0 aromatic heterocycles. The van der Waals surface area contributed by atoms with E-state index in [9.17, 15) is 0 Å². The summed E-state index contributed by atoms with van der Waals surface area (Å²) in [5, 5.41) is 3.18. The Hall–Kier alpha value is -0.380. The van der Waals surface area contributed by atoms with Crippen LogP contribution in [0.5, 0.6) is 0 Å². The zero-order chi connectivity index (χ0) is 11.5. The third-order valence-electron chi connectivity index (χ3n) is 3.92. The highest BCUT2D eigenvalue weighted by Gasteiger charge is 2.34. The van der Waals surface area contributed by atoms with Crippen LogP contribution in [0.3, 0.4) is 0 Å². The van der Waals surface area contributed by atoms with Crippen molar-refractivity contribution in [1.82, 2.24) is 15.1 Å². The number of piperazine rings is 1. The molecule has 2 atom stereocenters. The molecule has 2 fully saturated rings. The first-order valence-electron chi connectivity index (χ1n) is 6.50. The molecule has 2 saturated heterocycles. The fourth-order valence-electron chi connectivity index (χ4n) is 3.06. The van der Waals surface area contributed by atoms with E-state index in [1.807, 2.05) is 7.05 Å². The molecule has 2 unspecified atom stereocenters. The van der Waals surface area contributed by atoms with Crippen LogP contribution in [0.4, 0.5) is 0 Å². The van der Waals surface area contributed by atoms with Gasteiger partial charge in [-0.05, 0) is 38.9 Å². The van der Waals surface area contributed by atoms with Crippen molar-refractivity contribution in [3.8, 4) is 0 Å². The lowest BCUT2D eigenvalue weighted by Gasteiger charge is -2.42. The van der Waals surface area contributed by atoms with Crippen molar-refractivity contribution in [3.63, 3.8) is 0 Å². The second-order valence-electron chi connectivity index (χ2n) is 5.35. The van der Waals surface area contributed by atoms with Crippen LogP contribution >= 0.6 is 0 Å². The van der Waals surface area contributed by atoms with Crippen LogP contribution < -0.4 is 5.32 Å². The van der Waals surface area contributed by atoms with E-state index in [0.29, 0.717) is 6.04 Å². The summed E-state index contributed by atoms with van der Waals surface area (Å²) in [5.41, 5.74) is 1.31. The third kappa shape index (κ3) is 2.65. The molecular weight excluding hydrogens is 198 g/mol. The third-order valence-corrected chi connectivity index (χ3v) is 3.92.